The Kier molecular flexibility index (Phi) is 5.72. The molecule has 2 amide bonds. The van der Waals surface area contributed by atoms with Gasteiger partial charge in [-0.15, -0.1) is 0 Å². The average molecular weight is 338 g/mol. The molecule has 2 aromatic rings. The van der Waals surface area contributed by atoms with Crippen molar-refractivity contribution >= 4 is 28.9 Å². The molecular formula is C19H22N4O2. The van der Waals surface area contributed by atoms with Gasteiger partial charge < -0.3 is 10.6 Å². The van der Waals surface area contributed by atoms with Gasteiger partial charge >= 0.3 is 0 Å². The minimum atomic E-state index is -0.247. The van der Waals surface area contributed by atoms with E-state index in [0.29, 0.717) is 24.7 Å². The van der Waals surface area contributed by atoms with Gasteiger partial charge in [0.05, 0.1) is 22.9 Å². The number of rotatable bonds is 6. The fourth-order valence-electron chi connectivity index (χ4n) is 2.94. The monoisotopic (exact) mass is 338 g/mol. The quantitative estimate of drug-likeness (QED) is 0.791. The van der Waals surface area contributed by atoms with Crippen LogP contribution < -0.4 is 10.6 Å². The Labute approximate surface area is 146 Å². The predicted molar refractivity (Wildman–Crippen MR) is 96.6 cm³/mol. The second kappa shape index (κ2) is 8.37. The fourth-order valence-corrected chi connectivity index (χ4v) is 2.94. The molecule has 1 aromatic carbocycles. The molecule has 25 heavy (non-hydrogen) atoms. The lowest BCUT2D eigenvalue weighted by Gasteiger charge is -2.11. The SMILES string of the molecule is O=C(/C=C/c1cnc2ccccc2n1)NCCC(=O)NC1CCCC1. The molecule has 0 radical (unpaired) electrons. The first-order chi connectivity index (χ1) is 12.2. The normalized spacial score (nSPS) is 14.9. The zero-order chi connectivity index (χ0) is 17.5. The molecule has 0 aliphatic heterocycles. The molecule has 1 aliphatic carbocycles. The average Bonchev–Trinajstić information content (AvgIpc) is 3.12. The third kappa shape index (κ3) is 5.11. The Bertz CT molecular complexity index is 782. The number of fused-ring (bicyclic) bond motifs is 1. The molecule has 1 fully saturated rings. The summed E-state index contributed by atoms with van der Waals surface area (Å²) in [5, 5.41) is 5.71. The van der Waals surface area contributed by atoms with E-state index in [-0.39, 0.29) is 11.8 Å². The number of para-hydroxylation sites is 2. The van der Waals surface area contributed by atoms with Crippen molar-refractivity contribution in [2.45, 2.75) is 38.1 Å². The zero-order valence-electron chi connectivity index (χ0n) is 14.1. The van der Waals surface area contributed by atoms with Crippen LogP contribution in [0.2, 0.25) is 0 Å². The number of amides is 2. The van der Waals surface area contributed by atoms with Crippen molar-refractivity contribution in [1.82, 2.24) is 20.6 Å². The van der Waals surface area contributed by atoms with Crippen molar-refractivity contribution < 1.29 is 9.59 Å². The summed E-state index contributed by atoms with van der Waals surface area (Å²) < 4.78 is 0. The molecule has 1 heterocycles. The second-order valence-electron chi connectivity index (χ2n) is 6.21. The summed E-state index contributed by atoms with van der Waals surface area (Å²) in [6.07, 6.45) is 9.45. The standard InChI is InChI=1S/C19H22N4O2/c24-18(20-12-11-19(25)23-14-5-1-2-6-14)10-9-15-13-21-16-7-3-4-8-17(16)22-15/h3-4,7-10,13-14H,1-2,5-6,11-12H2,(H,20,24)(H,23,25)/b10-9+. The van der Waals surface area contributed by atoms with Crippen LogP contribution >= 0.6 is 0 Å². The highest BCUT2D eigenvalue weighted by Gasteiger charge is 2.16. The highest BCUT2D eigenvalue weighted by Crippen LogP contribution is 2.17. The summed E-state index contributed by atoms with van der Waals surface area (Å²) in [7, 11) is 0. The van der Waals surface area contributed by atoms with Gasteiger partial charge in [0.2, 0.25) is 11.8 Å². The molecule has 0 unspecified atom stereocenters. The minimum Gasteiger partial charge on any atom is -0.353 e. The maximum absolute atomic E-state index is 11.8. The first-order valence-electron chi connectivity index (χ1n) is 8.68. The number of carbonyl (C=O) groups is 2. The summed E-state index contributed by atoms with van der Waals surface area (Å²) in [6, 6.07) is 7.88. The van der Waals surface area contributed by atoms with E-state index in [1.165, 1.54) is 18.9 Å². The molecule has 130 valence electrons. The molecule has 1 aromatic heterocycles. The summed E-state index contributed by atoms with van der Waals surface area (Å²) in [6.45, 7) is 0.325. The van der Waals surface area contributed by atoms with E-state index in [1.54, 1.807) is 12.3 Å². The largest absolute Gasteiger partial charge is 0.353 e. The van der Waals surface area contributed by atoms with Crippen LogP contribution in [0.5, 0.6) is 0 Å². The number of nitrogens with one attached hydrogen (secondary N) is 2. The molecule has 1 aliphatic rings. The fraction of sp³-hybridized carbons (Fsp3) is 0.368. The maximum atomic E-state index is 11.8. The van der Waals surface area contributed by atoms with Crippen molar-refractivity contribution in [3.05, 3.63) is 42.2 Å². The lowest BCUT2D eigenvalue weighted by atomic mass is 10.2. The van der Waals surface area contributed by atoms with Crippen LogP contribution in [0.3, 0.4) is 0 Å². The van der Waals surface area contributed by atoms with Crippen LogP contribution in [0.15, 0.2) is 36.5 Å². The maximum Gasteiger partial charge on any atom is 0.244 e. The smallest absolute Gasteiger partial charge is 0.244 e. The first kappa shape index (κ1) is 17.1. The summed E-state index contributed by atoms with van der Waals surface area (Å²) in [4.78, 5) is 32.3. The molecule has 0 atom stereocenters. The molecule has 2 N–H and O–H groups in total. The van der Waals surface area contributed by atoms with Crippen LogP contribution in [-0.4, -0.2) is 34.4 Å². The first-order valence-corrected chi connectivity index (χ1v) is 8.68. The van der Waals surface area contributed by atoms with Crippen LogP contribution in [0, 0.1) is 0 Å². The lowest BCUT2D eigenvalue weighted by molar-refractivity contribution is -0.121. The Morgan fingerprint density at radius 3 is 2.72 bits per heavy atom. The van der Waals surface area contributed by atoms with Gasteiger partial charge in [0.25, 0.3) is 0 Å². The Morgan fingerprint density at radius 2 is 1.92 bits per heavy atom. The highest BCUT2D eigenvalue weighted by molar-refractivity contribution is 5.92. The van der Waals surface area contributed by atoms with E-state index in [9.17, 15) is 9.59 Å². The summed E-state index contributed by atoms with van der Waals surface area (Å²) in [5.74, 6) is -0.250. The number of carbonyl (C=O) groups excluding carboxylic acids is 2. The molecule has 6 nitrogen and oxygen atoms in total. The van der Waals surface area contributed by atoms with E-state index in [4.69, 9.17) is 0 Å². The van der Waals surface area contributed by atoms with Gasteiger partial charge in [0.15, 0.2) is 0 Å². The van der Waals surface area contributed by atoms with Gasteiger partial charge in [-0.05, 0) is 31.1 Å². The predicted octanol–water partition coefficient (Wildman–Crippen LogP) is 2.21. The molecule has 6 heteroatoms. The van der Waals surface area contributed by atoms with E-state index in [0.717, 1.165) is 23.9 Å². The highest BCUT2D eigenvalue weighted by atomic mass is 16.2. The van der Waals surface area contributed by atoms with E-state index in [1.807, 2.05) is 24.3 Å². The molecule has 0 bridgehead atoms. The van der Waals surface area contributed by atoms with Crippen LogP contribution in [0.25, 0.3) is 17.1 Å². The number of nitrogens with zero attached hydrogens (tertiary/aromatic N) is 2. The lowest BCUT2D eigenvalue weighted by Crippen LogP contribution is -2.35. The van der Waals surface area contributed by atoms with Crippen LogP contribution in [-0.2, 0) is 9.59 Å². The van der Waals surface area contributed by atoms with E-state index < -0.39 is 0 Å². The van der Waals surface area contributed by atoms with Crippen molar-refractivity contribution in [2.24, 2.45) is 0 Å². The third-order valence-corrected chi connectivity index (χ3v) is 4.24. The minimum absolute atomic E-state index is 0.00317. The van der Waals surface area contributed by atoms with E-state index >= 15 is 0 Å². The third-order valence-electron chi connectivity index (χ3n) is 4.24. The summed E-state index contributed by atoms with van der Waals surface area (Å²) in [5.41, 5.74) is 2.22. The Hall–Kier alpha value is -2.76. The Morgan fingerprint density at radius 1 is 1.16 bits per heavy atom. The van der Waals surface area contributed by atoms with Crippen molar-refractivity contribution in [1.29, 1.82) is 0 Å². The van der Waals surface area contributed by atoms with Crippen molar-refractivity contribution in [2.75, 3.05) is 6.54 Å². The van der Waals surface area contributed by atoms with Crippen LogP contribution in [0.4, 0.5) is 0 Å². The second-order valence-corrected chi connectivity index (χ2v) is 6.21. The van der Waals surface area contributed by atoms with E-state index in [2.05, 4.69) is 20.6 Å². The van der Waals surface area contributed by atoms with Gasteiger partial charge in [0, 0.05) is 25.1 Å². The topological polar surface area (TPSA) is 84.0 Å². The molecule has 0 spiro atoms. The molecule has 0 saturated heterocycles. The number of aromatic nitrogens is 2. The van der Waals surface area contributed by atoms with Gasteiger partial charge in [-0.2, -0.15) is 0 Å². The van der Waals surface area contributed by atoms with Crippen molar-refractivity contribution in [3.63, 3.8) is 0 Å². The van der Waals surface area contributed by atoms with Crippen molar-refractivity contribution in [3.8, 4) is 0 Å². The Balaban J connectivity index is 1.43. The van der Waals surface area contributed by atoms with Gasteiger partial charge in [-0.25, -0.2) is 4.98 Å². The van der Waals surface area contributed by atoms with Crippen LogP contribution in [0.1, 0.15) is 37.8 Å². The van der Waals surface area contributed by atoms with Gasteiger partial charge in [-0.3, -0.25) is 14.6 Å². The number of hydrogen-bond donors (Lipinski definition) is 2. The zero-order valence-corrected chi connectivity index (χ0v) is 14.1. The molecule has 3 rings (SSSR count). The van der Waals surface area contributed by atoms with Gasteiger partial charge in [-0.1, -0.05) is 25.0 Å². The van der Waals surface area contributed by atoms with Gasteiger partial charge in [0.1, 0.15) is 0 Å². The molecular weight excluding hydrogens is 316 g/mol. The summed E-state index contributed by atoms with van der Waals surface area (Å²) >= 11 is 0. The number of hydrogen-bond acceptors (Lipinski definition) is 4. The molecule has 1 saturated carbocycles. The number of benzene rings is 1.